The number of anilines is 2. The number of benzene rings is 3. The molecule has 1 N–H and O–H groups in total. The number of carbonyl (C=O) groups excluding carboxylic acids is 3. The van der Waals surface area contributed by atoms with Crippen LogP contribution in [0, 0.1) is 5.92 Å². The van der Waals surface area contributed by atoms with E-state index in [2.05, 4.69) is 21.2 Å². The SMILES string of the molecule is COc1ccc(NC(=O)Cn2c3c(sc2=O)[C@H](c2ccc(Br)cc2)C2C(=O)N(c4ccccc4C(F)(F)F)C(=O)C2S3)cc1. The summed E-state index contributed by atoms with van der Waals surface area (Å²) in [6.07, 6.45) is -4.81. The maximum Gasteiger partial charge on any atom is 0.418 e. The molecule has 2 unspecified atom stereocenters. The third-order valence-corrected chi connectivity index (χ3v) is 10.5. The topological polar surface area (TPSA) is 97.7 Å². The lowest BCUT2D eigenvalue weighted by Gasteiger charge is -2.30. The van der Waals surface area contributed by atoms with E-state index in [1.165, 1.54) is 23.8 Å². The fourth-order valence-electron chi connectivity index (χ4n) is 5.45. The number of imide groups is 1. The van der Waals surface area contributed by atoms with Gasteiger partial charge >= 0.3 is 11.0 Å². The lowest BCUT2D eigenvalue weighted by molar-refractivity contribution is -0.137. The Kier molecular flexibility index (Phi) is 7.92. The van der Waals surface area contributed by atoms with Crippen molar-refractivity contribution in [3.05, 3.63) is 103 Å². The van der Waals surface area contributed by atoms with E-state index in [0.29, 0.717) is 31.8 Å². The van der Waals surface area contributed by atoms with E-state index < -0.39 is 57.1 Å². The zero-order valence-corrected chi connectivity index (χ0v) is 25.9. The Balaban J connectivity index is 1.41. The molecular weight excluding hydrogens is 683 g/mol. The van der Waals surface area contributed by atoms with Crippen LogP contribution >= 0.6 is 39.0 Å². The number of thiazole rings is 1. The fraction of sp³-hybridized carbons (Fsp3) is 0.200. The number of halogens is 4. The molecule has 3 heterocycles. The van der Waals surface area contributed by atoms with Gasteiger partial charge in [-0.25, -0.2) is 4.90 Å². The van der Waals surface area contributed by atoms with Crippen LogP contribution in [-0.2, 0) is 27.1 Å². The van der Waals surface area contributed by atoms with Gasteiger partial charge in [-0.2, -0.15) is 13.2 Å². The number of hydrogen-bond donors (Lipinski definition) is 1. The smallest absolute Gasteiger partial charge is 0.418 e. The average Bonchev–Trinajstić information content (AvgIpc) is 3.43. The summed E-state index contributed by atoms with van der Waals surface area (Å²) in [5.41, 5.74) is -0.566. The molecule has 0 saturated carbocycles. The number of alkyl halides is 3. The van der Waals surface area contributed by atoms with E-state index in [0.717, 1.165) is 39.7 Å². The number of para-hydroxylation sites is 1. The number of thioether (sulfide) groups is 1. The summed E-state index contributed by atoms with van der Waals surface area (Å²) >= 11 is 5.16. The molecule has 4 aromatic rings. The molecule has 0 radical (unpaired) electrons. The van der Waals surface area contributed by atoms with Crippen LogP contribution in [0.15, 0.2) is 87.1 Å². The maximum absolute atomic E-state index is 14.0. The minimum absolute atomic E-state index is 0.325. The monoisotopic (exact) mass is 703 g/mol. The second-order valence-electron chi connectivity index (χ2n) is 10.0. The van der Waals surface area contributed by atoms with Crippen molar-refractivity contribution in [2.45, 2.75) is 28.9 Å². The van der Waals surface area contributed by atoms with Gasteiger partial charge in [-0.15, -0.1) is 0 Å². The van der Waals surface area contributed by atoms with Gasteiger partial charge in [0.25, 0.3) is 0 Å². The molecule has 2 aliphatic rings. The zero-order valence-electron chi connectivity index (χ0n) is 22.6. The molecule has 14 heteroatoms. The van der Waals surface area contributed by atoms with Crippen molar-refractivity contribution in [1.82, 2.24) is 4.57 Å². The Hall–Kier alpha value is -3.88. The molecule has 3 aromatic carbocycles. The Bertz CT molecular complexity index is 1840. The molecule has 1 aromatic heterocycles. The molecule has 226 valence electrons. The largest absolute Gasteiger partial charge is 0.497 e. The number of nitrogens with zero attached hydrogens (tertiary/aromatic N) is 2. The van der Waals surface area contributed by atoms with Crippen LogP contribution in [0.3, 0.4) is 0 Å². The highest BCUT2D eigenvalue weighted by atomic mass is 79.9. The van der Waals surface area contributed by atoms with Gasteiger partial charge in [-0.3, -0.25) is 23.7 Å². The van der Waals surface area contributed by atoms with E-state index in [-0.39, 0.29) is 6.54 Å². The Morgan fingerprint density at radius 2 is 1.66 bits per heavy atom. The van der Waals surface area contributed by atoms with Crippen molar-refractivity contribution in [3.8, 4) is 5.75 Å². The van der Waals surface area contributed by atoms with Crippen molar-refractivity contribution >= 4 is 68.1 Å². The van der Waals surface area contributed by atoms with E-state index in [9.17, 15) is 32.3 Å². The molecule has 1 saturated heterocycles. The lowest BCUT2D eigenvalue weighted by atomic mass is 9.83. The molecular formula is C30H21BrF3N3O5S2. The Morgan fingerprint density at radius 3 is 2.32 bits per heavy atom. The summed E-state index contributed by atoms with van der Waals surface area (Å²) in [6.45, 7) is -0.378. The highest BCUT2D eigenvalue weighted by Gasteiger charge is 2.57. The minimum Gasteiger partial charge on any atom is -0.497 e. The number of aromatic nitrogens is 1. The van der Waals surface area contributed by atoms with Crippen LogP contribution < -0.4 is 19.8 Å². The number of fused-ring (bicyclic) bond motifs is 2. The van der Waals surface area contributed by atoms with Crippen molar-refractivity contribution in [2.24, 2.45) is 5.92 Å². The van der Waals surface area contributed by atoms with Gasteiger partial charge < -0.3 is 10.1 Å². The third kappa shape index (κ3) is 5.35. The van der Waals surface area contributed by atoms with Gasteiger partial charge in [-0.1, -0.05) is 63.3 Å². The number of rotatable bonds is 6. The summed E-state index contributed by atoms with van der Waals surface area (Å²) in [4.78, 5) is 54.7. The lowest BCUT2D eigenvalue weighted by Crippen LogP contribution is -2.33. The van der Waals surface area contributed by atoms with E-state index in [4.69, 9.17) is 4.74 Å². The molecule has 3 amide bonds. The minimum atomic E-state index is -4.81. The standard InChI is InChI=1S/C30H21BrF3N3O5S2/c1-42-18-12-10-17(11-13-18)35-21(38)14-36-28-25(44-29(36)41)22(15-6-8-16(31)9-7-15)23-24(43-28)27(40)37(26(23)39)20-5-3-2-4-19(20)30(32,33)34/h2-13,22-24H,14H2,1H3,(H,35,38)/t22-,23?,24?/m1/s1. The quantitative estimate of drug-likeness (QED) is 0.243. The summed E-state index contributed by atoms with van der Waals surface area (Å²) < 4.78 is 49.0. The van der Waals surface area contributed by atoms with Crippen LogP contribution in [0.25, 0.3) is 0 Å². The molecule has 0 bridgehead atoms. The predicted octanol–water partition coefficient (Wildman–Crippen LogP) is 6.13. The second kappa shape index (κ2) is 11.6. The van der Waals surface area contributed by atoms with E-state index in [1.807, 2.05) is 0 Å². The predicted molar refractivity (Wildman–Crippen MR) is 163 cm³/mol. The van der Waals surface area contributed by atoms with Gasteiger partial charge in [-0.05, 0) is 54.1 Å². The average molecular weight is 705 g/mol. The Labute approximate surface area is 265 Å². The normalized spacial score (nSPS) is 19.5. The summed E-state index contributed by atoms with van der Waals surface area (Å²) in [7, 11) is 1.51. The van der Waals surface area contributed by atoms with E-state index >= 15 is 0 Å². The van der Waals surface area contributed by atoms with Crippen LogP contribution in [0.5, 0.6) is 5.75 Å². The molecule has 44 heavy (non-hydrogen) atoms. The molecule has 3 atom stereocenters. The summed E-state index contributed by atoms with van der Waals surface area (Å²) in [5.74, 6) is -3.40. The van der Waals surface area contributed by atoms with Crippen molar-refractivity contribution < 1.29 is 32.3 Å². The van der Waals surface area contributed by atoms with Gasteiger partial charge in [0, 0.05) is 21.0 Å². The molecule has 1 fully saturated rings. The maximum atomic E-state index is 14.0. The van der Waals surface area contributed by atoms with Gasteiger partial charge in [0.2, 0.25) is 17.7 Å². The second-order valence-corrected chi connectivity index (χ2v) is 13.1. The van der Waals surface area contributed by atoms with Gasteiger partial charge in [0.15, 0.2) is 0 Å². The number of methoxy groups -OCH3 is 1. The number of nitrogens with one attached hydrogen (secondary N) is 1. The summed E-state index contributed by atoms with van der Waals surface area (Å²) in [5, 5.41) is 1.92. The van der Waals surface area contributed by atoms with Crippen LogP contribution in [0.4, 0.5) is 24.5 Å². The first-order valence-electron chi connectivity index (χ1n) is 13.1. The molecule has 2 aliphatic heterocycles. The first-order chi connectivity index (χ1) is 21.0. The van der Waals surface area contributed by atoms with Gasteiger partial charge in [0.1, 0.15) is 17.5 Å². The van der Waals surface area contributed by atoms with Crippen molar-refractivity contribution in [2.75, 3.05) is 17.3 Å². The molecule has 0 aliphatic carbocycles. The number of amides is 3. The highest BCUT2D eigenvalue weighted by molar-refractivity contribution is 9.10. The first kappa shape index (κ1) is 30.2. The number of ether oxygens (including phenoxy) is 1. The van der Waals surface area contributed by atoms with Crippen LogP contribution in [0.2, 0.25) is 0 Å². The zero-order chi connectivity index (χ0) is 31.3. The number of carbonyl (C=O) groups is 3. The molecule has 6 rings (SSSR count). The first-order valence-corrected chi connectivity index (χ1v) is 15.6. The molecule has 0 spiro atoms. The fourth-order valence-corrected chi connectivity index (χ4v) is 8.49. The number of hydrogen-bond acceptors (Lipinski definition) is 7. The van der Waals surface area contributed by atoms with Crippen molar-refractivity contribution in [3.63, 3.8) is 0 Å². The highest BCUT2D eigenvalue weighted by Crippen LogP contribution is 2.54. The van der Waals surface area contributed by atoms with Crippen LogP contribution in [-0.4, -0.2) is 34.6 Å². The summed E-state index contributed by atoms with van der Waals surface area (Å²) in [6, 6.07) is 18.0. The third-order valence-electron chi connectivity index (χ3n) is 7.40. The van der Waals surface area contributed by atoms with Crippen LogP contribution in [0.1, 0.15) is 21.9 Å². The Morgan fingerprint density at radius 1 is 0.977 bits per heavy atom. The molecule has 8 nitrogen and oxygen atoms in total. The van der Waals surface area contributed by atoms with E-state index in [1.54, 1.807) is 48.5 Å². The van der Waals surface area contributed by atoms with Crippen molar-refractivity contribution in [1.29, 1.82) is 0 Å². The van der Waals surface area contributed by atoms with Gasteiger partial charge in [0.05, 0.1) is 29.3 Å².